The lowest BCUT2D eigenvalue weighted by Gasteiger charge is -2.22. The number of hydrogen-bond donors (Lipinski definition) is 2. The van der Waals surface area contributed by atoms with Crippen LogP contribution in [-0.4, -0.2) is 36.3 Å². The Bertz CT molecular complexity index is 854. The van der Waals surface area contributed by atoms with Crippen LogP contribution in [0.2, 0.25) is 0 Å². The zero-order chi connectivity index (χ0) is 21.7. The maximum absolute atomic E-state index is 11.9. The Morgan fingerprint density at radius 1 is 1.06 bits per heavy atom. The first kappa shape index (κ1) is 23.1. The standard InChI is InChI=1S/C25H36N4O2/c1-2-26-25(27-16-8-18-31-23-9-4-3-5-10-23)28-19-21-12-14-22(15-13-21)20-29-17-7-6-11-24(29)30/h6-7,11-15,17,23H,2-5,8-10,16,18-20H2,1H3,(H2,26,27,28). The van der Waals surface area contributed by atoms with Crippen molar-refractivity contribution in [2.75, 3.05) is 19.7 Å². The van der Waals surface area contributed by atoms with Crippen LogP contribution < -0.4 is 16.2 Å². The second-order valence-electron chi connectivity index (χ2n) is 8.09. The molecular weight excluding hydrogens is 388 g/mol. The molecule has 6 heteroatoms. The smallest absolute Gasteiger partial charge is 0.250 e. The number of pyridine rings is 1. The van der Waals surface area contributed by atoms with Crippen LogP contribution in [-0.2, 0) is 17.8 Å². The lowest BCUT2D eigenvalue weighted by Crippen LogP contribution is -2.38. The third-order valence-electron chi connectivity index (χ3n) is 5.56. The zero-order valence-electron chi connectivity index (χ0n) is 18.7. The number of nitrogens with zero attached hydrogens (tertiary/aromatic N) is 2. The number of benzene rings is 1. The summed E-state index contributed by atoms with van der Waals surface area (Å²) in [6, 6.07) is 13.5. The van der Waals surface area contributed by atoms with Gasteiger partial charge in [0, 0.05) is 32.0 Å². The Balaban J connectivity index is 1.42. The minimum Gasteiger partial charge on any atom is -0.378 e. The molecule has 2 aromatic rings. The molecule has 0 bridgehead atoms. The third-order valence-corrected chi connectivity index (χ3v) is 5.56. The van der Waals surface area contributed by atoms with Crippen molar-refractivity contribution < 1.29 is 4.74 Å². The highest BCUT2D eigenvalue weighted by Gasteiger charge is 2.12. The van der Waals surface area contributed by atoms with Crippen molar-refractivity contribution in [3.05, 3.63) is 70.1 Å². The number of hydrogen-bond acceptors (Lipinski definition) is 3. The summed E-state index contributed by atoms with van der Waals surface area (Å²) in [5.41, 5.74) is 2.26. The highest BCUT2D eigenvalue weighted by molar-refractivity contribution is 5.79. The molecule has 31 heavy (non-hydrogen) atoms. The van der Waals surface area contributed by atoms with E-state index in [-0.39, 0.29) is 5.56 Å². The molecule has 1 saturated carbocycles. The van der Waals surface area contributed by atoms with Crippen LogP contribution in [0.4, 0.5) is 0 Å². The summed E-state index contributed by atoms with van der Waals surface area (Å²) < 4.78 is 7.70. The van der Waals surface area contributed by atoms with Crippen molar-refractivity contribution >= 4 is 5.96 Å². The molecule has 0 amide bonds. The summed E-state index contributed by atoms with van der Waals surface area (Å²) in [4.78, 5) is 16.6. The van der Waals surface area contributed by atoms with E-state index in [1.54, 1.807) is 16.7 Å². The van der Waals surface area contributed by atoms with Crippen molar-refractivity contribution in [3.63, 3.8) is 0 Å². The molecular formula is C25H36N4O2. The van der Waals surface area contributed by atoms with Gasteiger partial charge in [-0.05, 0) is 43.4 Å². The SMILES string of the molecule is CCNC(=NCc1ccc(Cn2ccccc2=O)cc1)NCCCOC1CCCCC1. The lowest BCUT2D eigenvalue weighted by molar-refractivity contribution is 0.0277. The van der Waals surface area contributed by atoms with E-state index < -0.39 is 0 Å². The lowest BCUT2D eigenvalue weighted by atomic mass is 9.98. The fourth-order valence-electron chi connectivity index (χ4n) is 3.81. The summed E-state index contributed by atoms with van der Waals surface area (Å²) in [5, 5.41) is 6.70. The largest absolute Gasteiger partial charge is 0.378 e. The maximum Gasteiger partial charge on any atom is 0.250 e. The minimum absolute atomic E-state index is 0.0154. The number of guanidine groups is 1. The molecule has 6 nitrogen and oxygen atoms in total. The summed E-state index contributed by atoms with van der Waals surface area (Å²) in [7, 11) is 0. The molecule has 0 unspecified atom stereocenters. The van der Waals surface area contributed by atoms with Gasteiger partial charge in [-0.25, -0.2) is 4.99 Å². The van der Waals surface area contributed by atoms with Gasteiger partial charge in [0.15, 0.2) is 5.96 Å². The van der Waals surface area contributed by atoms with Gasteiger partial charge in [-0.2, -0.15) is 0 Å². The van der Waals surface area contributed by atoms with Crippen LogP contribution in [0.3, 0.4) is 0 Å². The van der Waals surface area contributed by atoms with Gasteiger partial charge in [0.05, 0.1) is 19.2 Å². The Kier molecular flexibility index (Phi) is 9.64. The molecule has 2 N–H and O–H groups in total. The van der Waals surface area contributed by atoms with Gasteiger partial charge in [-0.3, -0.25) is 4.79 Å². The minimum atomic E-state index is 0.0154. The van der Waals surface area contributed by atoms with E-state index in [2.05, 4.69) is 41.8 Å². The Morgan fingerprint density at radius 3 is 2.58 bits per heavy atom. The van der Waals surface area contributed by atoms with E-state index >= 15 is 0 Å². The molecule has 0 saturated heterocycles. The molecule has 1 heterocycles. The van der Waals surface area contributed by atoms with Gasteiger partial charge in [-0.15, -0.1) is 0 Å². The fraction of sp³-hybridized carbons (Fsp3) is 0.520. The van der Waals surface area contributed by atoms with Gasteiger partial charge in [0.1, 0.15) is 0 Å². The van der Waals surface area contributed by atoms with E-state index in [1.807, 2.05) is 12.3 Å². The monoisotopic (exact) mass is 424 g/mol. The molecule has 1 aliphatic carbocycles. The molecule has 168 valence electrons. The van der Waals surface area contributed by atoms with Crippen LogP contribution in [0, 0.1) is 0 Å². The second-order valence-corrected chi connectivity index (χ2v) is 8.09. The van der Waals surface area contributed by atoms with Crippen LogP contribution in [0.15, 0.2) is 58.4 Å². The number of ether oxygens (including phenoxy) is 1. The van der Waals surface area contributed by atoms with Gasteiger partial charge < -0.3 is 19.9 Å². The van der Waals surface area contributed by atoms with Gasteiger partial charge >= 0.3 is 0 Å². The first-order valence-electron chi connectivity index (χ1n) is 11.6. The molecule has 1 aromatic carbocycles. The van der Waals surface area contributed by atoms with Crippen LogP contribution in [0.25, 0.3) is 0 Å². The zero-order valence-corrected chi connectivity index (χ0v) is 18.7. The Labute approximate surface area is 185 Å². The van der Waals surface area contributed by atoms with Crippen molar-refractivity contribution in [1.29, 1.82) is 0 Å². The molecule has 1 aromatic heterocycles. The van der Waals surface area contributed by atoms with Gasteiger partial charge in [-0.1, -0.05) is 49.6 Å². The average Bonchev–Trinajstić information content (AvgIpc) is 2.80. The second kappa shape index (κ2) is 13.0. The van der Waals surface area contributed by atoms with E-state index in [1.165, 1.54) is 32.1 Å². The molecule has 1 fully saturated rings. The molecule has 0 atom stereocenters. The van der Waals surface area contributed by atoms with Crippen molar-refractivity contribution in [2.24, 2.45) is 4.99 Å². The van der Waals surface area contributed by atoms with Crippen LogP contribution in [0.1, 0.15) is 56.6 Å². The summed E-state index contributed by atoms with van der Waals surface area (Å²) in [6.45, 7) is 5.75. The topological polar surface area (TPSA) is 67.7 Å². The Morgan fingerprint density at radius 2 is 1.84 bits per heavy atom. The van der Waals surface area contributed by atoms with E-state index in [0.717, 1.165) is 43.2 Å². The van der Waals surface area contributed by atoms with E-state index in [4.69, 9.17) is 9.73 Å². The third kappa shape index (κ3) is 8.21. The molecule has 1 aliphatic rings. The van der Waals surface area contributed by atoms with E-state index in [9.17, 15) is 4.79 Å². The van der Waals surface area contributed by atoms with Crippen LogP contribution in [0.5, 0.6) is 0 Å². The highest BCUT2D eigenvalue weighted by atomic mass is 16.5. The first-order chi connectivity index (χ1) is 15.2. The molecule has 0 radical (unpaired) electrons. The quantitative estimate of drug-likeness (QED) is 0.347. The van der Waals surface area contributed by atoms with E-state index in [0.29, 0.717) is 19.2 Å². The normalized spacial score (nSPS) is 15.1. The summed E-state index contributed by atoms with van der Waals surface area (Å²) >= 11 is 0. The van der Waals surface area contributed by atoms with Crippen LogP contribution >= 0.6 is 0 Å². The fourth-order valence-corrected chi connectivity index (χ4v) is 3.81. The van der Waals surface area contributed by atoms with Crippen molar-refractivity contribution in [2.45, 2.75) is 64.6 Å². The first-order valence-corrected chi connectivity index (χ1v) is 11.6. The predicted octanol–water partition coefficient (Wildman–Crippen LogP) is 3.69. The molecule has 0 spiro atoms. The number of nitrogens with one attached hydrogen (secondary N) is 2. The number of aromatic nitrogens is 1. The highest BCUT2D eigenvalue weighted by Crippen LogP contribution is 2.20. The summed E-state index contributed by atoms with van der Waals surface area (Å²) in [5.74, 6) is 0.833. The summed E-state index contributed by atoms with van der Waals surface area (Å²) in [6.07, 6.45) is 9.69. The maximum atomic E-state index is 11.9. The van der Waals surface area contributed by atoms with Gasteiger partial charge in [0.2, 0.25) is 0 Å². The molecule has 3 rings (SSSR count). The number of rotatable bonds is 10. The van der Waals surface area contributed by atoms with Crippen molar-refractivity contribution in [1.82, 2.24) is 15.2 Å². The predicted molar refractivity (Wildman–Crippen MR) is 127 cm³/mol. The number of aliphatic imine (C=N–C) groups is 1. The molecule has 0 aliphatic heterocycles. The van der Waals surface area contributed by atoms with Gasteiger partial charge in [0.25, 0.3) is 5.56 Å². The van der Waals surface area contributed by atoms with Crippen molar-refractivity contribution in [3.8, 4) is 0 Å². The Hall–Kier alpha value is -2.60. The average molecular weight is 425 g/mol.